The molecule has 0 spiro atoms. The average Bonchev–Trinajstić information content (AvgIpc) is 3.34. The zero-order valence-electron chi connectivity index (χ0n) is 13.1. The number of aryl methyl sites for hydroxylation is 1. The van der Waals surface area contributed by atoms with Gasteiger partial charge in [0.2, 0.25) is 5.82 Å². The molecule has 0 aliphatic rings. The van der Waals surface area contributed by atoms with Crippen LogP contribution in [0.5, 0.6) is 0 Å². The van der Waals surface area contributed by atoms with Gasteiger partial charge in [0.15, 0.2) is 17.1 Å². The quantitative estimate of drug-likeness (QED) is 0.485. The average molecular weight is 351 g/mol. The first-order valence-electron chi connectivity index (χ1n) is 7.60. The van der Waals surface area contributed by atoms with Gasteiger partial charge >= 0.3 is 0 Å². The van der Waals surface area contributed by atoms with Crippen LogP contribution in [0.4, 0.5) is 0 Å². The van der Waals surface area contributed by atoms with Crippen LogP contribution in [-0.4, -0.2) is 29.4 Å². The summed E-state index contributed by atoms with van der Waals surface area (Å²) >= 11 is 6.14. The Morgan fingerprint density at radius 3 is 2.88 bits per heavy atom. The number of nitrogens with zero attached hydrogens (tertiary/aromatic N) is 6. The highest BCUT2D eigenvalue weighted by atomic mass is 35.5. The second kappa shape index (κ2) is 5.15. The highest BCUT2D eigenvalue weighted by Crippen LogP contribution is 2.26. The summed E-state index contributed by atoms with van der Waals surface area (Å²) in [6.45, 7) is 2.00. The molecule has 4 aromatic heterocycles. The number of aromatic nitrogens is 6. The molecular weight excluding hydrogens is 340 g/mol. The van der Waals surface area contributed by atoms with Crippen LogP contribution < -0.4 is 0 Å². The molecule has 5 rings (SSSR count). The van der Waals surface area contributed by atoms with Crippen molar-refractivity contribution in [1.82, 2.24) is 29.4 Å². The summed E-state index contributed by atoms with van der Waals surface area (Å²) in [6.07, 6.45) is 5.01. The van der Waals surface area contributed by atoms with Crippen molar-refractivity contribution in [1.29, 1.82) is 0 Å². The van der Waals surface area contributed by atoms with Crippen LogP contribution >= 0.6 is 11.6 Å². The highest BCUT2D eigenvalue weighted by molar-refractivity contribution is 6.30. The molecule has 25 heavy (non-hydrogen) atoms. The monoisotopic (exact) mass is 350 g/mol. The zero-order chi connectivity index (χ0) is 17.0. The third-order valence-corrected chi connectivity index (χ3v) is 4.35. The lowest BCUT2D eigenvalue weighted by atomic mass is 10.2. The maximum Gasteiger partial charge on any atom is 0.205 e. The molecule has 0 bridgehead atoms. The van der Waals surface area contributed by atoms with Crippen LogP contribution in [0.25, 0.3) is 34.0 Å². The molecule has 0 amide bonds. The van der Waals surface area contributed by atoms with Crippen molar-refractivity contribution in [3.63, 3.8) is 0 Å². The van der Waals surface area contributed by atoms with Crippen molar-refractivity contribution >= 4 is 28.3 Å². The van der Waals surface area contributed by atoms with Gasteiger partial charge in [-0.15, -0.1) is 10.2 Å². The molecule has 0 saturated heterocycles. The van der Waals surface area contributed by atoms with Gasteiger partial charge in [-0.1, -0.05) is 17.7 Å². The number of furan rings is 1. The first-order valence-corrected chi connectivity index (χ1v) is 7.98. The fourth-order valence-electron chi connectivity index (χ4n) is 2.88. The molecule has 0 aliphatic heterocycles. The molecule has 0 N–H and O–H groups in total. The van der Waals surface area contributed by atoms with Gasteiger partial charge in [-0.3, -0.25) is 4.40 Å². The maximum atomic E-state index is 6.14. The van der Waals surface area contributed by atoms with E-state index in [1.54, 1.807) is 27.9 Å². The van der Waals surface area contributed by atoms with Crippen molar-refractivity contribution in [3.05, 3.63) is 59.7 Å². The van der Waals surface area contributed by atoms with Gasteiger partial charge in [0, 0.05) is 5.02 Å². The van der Waals surface area contributed by atoms with Crippen LogP contribution in [0.3, 0.4) is 0 Å². The molecule has 0 atom stereocenters. The molecule has 5 aromatic rings. The maximum absolute atomic E-state index is 6.14. The van der Waals surface area contributed by atoms with E-state index in [-0.39, 0.29) is 0 Å². The van der Waals surface area contributed by atoms with Crippen LogP contribution in [0, 0.1) is 6.92 Å². The lowest BCUT2D eigenvalue weighted by Crippen LogP contribution is -2.01. The lowest BCUT2D eigenvalue weighted by Gasteiger charge is -2.07. The summed E-state index contributed by atoms with van der Waals surface area (Å²) in [5, 5.41) is 14.4. The number of hydrogen-bond donors (Lipinski definition) is 0. The molecule has 8 heteroatoms. The zero-order valence-corrected chi connectivity index (χ0v) is 13.8. The summed E-state index contributed by atoms with van der Waals surface area (Å²) in [4.78, 5) is 4.56. The Kier molecular flexibility index (Phi) is 2.92. The molecule has 7 nitrogen and oxygen atoms in total. The largest absolute Gasteiger partial charge is 0.461 e. The lowest BCUT2D eigenvalue weighted by molar-refractivity contribution is 0.576. The van der Waals surface area contributed by atoms with Crippen molar-refractivity contribution in [3.8, 4) is 17.3 Å². The summed E-state index contributed by atoms with van der Waals surface area (Å²) in [5.74, 6) is 1.23. The predicted molar refractivity (Wildman–Crippen MR) is 92.9 cm³/mol. The molecule has 4 heterocycles. The minimum atomic E-state index is 0.598. The molecule has 122 valence electrons. The van der Waals surface area contributed by atoms with Gasteiger partial charge in [0.1, 0.15) is 6.33 Å². The number of rotatable bonds is 2. The van der Waals surface area contributed by atoms with E-state index in [4.69, 9.17) is 16.0 Å². The van der Waals surface area contributed by atoms with Crippen LogP contribution in [0.15, 0.2) is 53.5 Å². The van der Waals surface area contributed by atoms with Gasteiger partial charge in [-0.25, -0.2) is 9.67 Å². The molecule has 0 unspecified atom stereocenters. The third-order valence-electron chi connectivity index (χ3n) is 4.12. The van der Waals surface area contributed by atoms with Gasteiger partial charge in [-0.2, -0.15) is 5.10 Å². The fraction of sp³-hybridized carbons (Fsp3) is 0.0588. The Balaban J connectivity index is 1.77. The first-order chi connectivity index (χ1) is 12.2. The topological polar surface area (TPSA) is 74.0 Å². The number of hydrogen-bond acceptors (Lipinski definition) is 5. The van der Waals surface area contributed by atoms with Crippen molar-refractivity contribution in [2.75, 3.05) is 0 Å². The Morgan fingerprint density at radius 2 is 2.04 bits per heavy atom. The van der Waals surface area contributed by atoms with Crippen LogP contribution in [0.1, 0.15) is 5.56 Å². The van der Waals surface area contributed by atoms with Crippen molar-refractivity contribution in [2.24, 2.45) is 0 Å². The Bertz CT molecular complexity index is 1220. The third kappa shape index (κ3) is 2.06. The van der Waals surface area contributed by atoms with Crippen molar-refractivity contribution in [2.45, 2.75) is 6.92 Å². The van der Waals surface area contributed by atoms with E-state index in [0.717, 1.165) is 16.6 Å². The molecule has 0 saturated carbocycles. The van der Waals surface area contributed by atoms with E-state index in [1.165, 1.54) is 0 Å². The number of benzene rings is 1. The highest BCUT2D eigenvalue weighted by Gasteiger charge is 2.17. The number of halogens is 1. The van der Waals surface area contributed by atoms with Crippen LogP contribution in [-0.2, 0) is 0 Å². The fourth-order valence-corrected chi connectivity index (χ4v) is 3.05. The van der Waals surface area contributed by atoms with E-state index < -0.39 is 0 Å². The second-order valence-corrected chi connectivity index (χ2v) is 6.10. The minimum absolute atomic E-state index is 0.598. The van der Waals surface area contributed by atoms with Gasteiger partial charge in [0.05, 0.1) is 23.5 Å². The molecule has 1 aromatic carbocycles. The van der Waals surface area contributed by atoms with E-state index in [2.05, 4.69) is 20.3 Å². The number of fused-ring (bicyclic) bond motifs is 3. The van der Waals surface area contributed by atoms with Crippen LogP contribution in [0.2, 0.25) is 5.02 Å². The van der Waals surface area contributed by atoms with E-state index in [1.807, 2.05) is 37.3 Å². The molecule has 0 aliphatic carbocycles. The standard InChI is InChI=1S/C17H11ClN6O/c1-10-4-5-11(18)7-13(10)24-15-12(8-20-24)16-21-22-17(23(16)9-19-15)14-3-2-6-25-14/h2-9H,1H3. The summed E-state index contributed by atoms with van der Waals surface area (Å²) in [5.41, 5.74) is 3.29. The summed E-state index contributed by atoms with van der Waals surface area (Å²) < 4.78 is 8.97. The van der Waals surface area contributed by atoms with Gasteiger partial charge in [0.25, 0.3) is 0 Å². The van der Waals surface area contributed by atoms with Gasteiger partial charge < -0.3 is 4.42 Å². The molecular formula is C17H11ClN6O. The van der Waals surface area contributed by atoms with E-state index in [0.29, 0.717) is 27.9 Å². The minimum Gasteiger partial charge on any atom is -0.461 e. The smallest absolute Gasteiger partial charge is 0.205 e. The Morgan fingerprint density at radius 1 is 1.12 bits per heavy atom. The van der Waals surface area contributed by atoms with E-state index in [9.17, 15) is 0 Å². The molecule has 0 fully saturated rings. The predicted octanol–water partition coefficient (Wildman–Crippen LogP) is 3.69. The van der Waals surface area contributed by atoms with Crippen molar-refractivity contribution < 1.29 is 4.42 Å². The summed E-state index contributed by atoms with van der Waals surface area (Å²) in [6, 6.07) is 9.32. The molecule has 0 radical (unpaired) electrons. The Hall–Kier alpha value is -3.19. The van der Waals surface area contributed by atoms with Gasteiger partial charge in [-0.05, 0) is 36.8 Å². The Labute approximate surface area is 146 Å². The SMILES string of the molecule is Cc1ccc(Cl)cc1-n1ncc2c1ncn1c(-c3ccco3)nnc21. The first kappa shape index (κ1) is 14.2. The normalized spacial score (nSPS) is 11.6. The second-order valence-electron chi connectivity index (χ2n) is 5.66. The summed E-state index contributed by atoms with van der Waals surface area (Å²) in [7, 11) is 0. The van der Waals surface area contributed by atoms with E-state index >= 15 is 0 Å².